The third kappa shape index (κ3) is 3.64. The van der Waals surface area contributed by atoms with Crippen LogP contribution in [-0.4, -0.2) is 44.1 Å². The molecule has 0 spiro atoms. The van der Waals surface area contributed by atoms with Gasteiger partial charge in [0.25, 0.3) is 0 Å². The van der Waals surface area contributed by atoms with Gasteiger partial charge in [-0.3, -0.25) is 14.5 Å². The first kappa shape index (κ1) is 20.5. The molecule has 0 amide bonds. The number of aromatic nitrogens is 4. The molecule has 0 bridgehead atoms. The summed E-state index contributed by atoms with van der Waals surface area (Å²) in [4.78, 5) is 20.3. The molecule has 5 rings (SSSR count). The minimum Gasteiger partial charge on any atom is -0.358 e. The monoisotopic (exact) mass is 435 g/mol. The summed E-state index contributed by atoms with van der Waals surface area (Å²) in [5.74, 6) is 0.297. The molecule has 8 nitrogen and oxygen atoms in total. The number of carbonyl (C=O) groups excluding carboxylic acids is 1. The molecule has 0 unspecified atom stereocenters. The Hall–Kier alpha value is -4.35. The Morgan fingerprint density at radius 2 is 1.91 bits per heavy atom. The highest BCUT2D eigenvalue weighted by molar-refractivity contribution is 6.16. The van der Waals surface area contributed by atoms with E-state index in [-0.39, 0.29) is 18.9 Å². The van der Waals surface area contributed by atoms with Crippen molar-refractivity contribution in [1.29, 1.82) is 0 Å². The van der Waals surface area contributed by atoms with Gasteiger partial charge < -0.3 is 10.6 Å². The molecule has 1 aliphatic heterocycles. The Bertz CT molecular complexity index is 1440. The Morgan fingerprint density at radius 1 is 1.09 bits per heavy atom. The molecular weight excluding hydrogens is 414 g/mol. The van der Waals surface area contributed by atoms with Crippen molar-refractivity contribution in [2.45, 2.75) is 6.54 Å². The van der Waals surface area contributed by atoms with Gasteiger partial charge in [-0.15, -0.1) is 0 Å². The quantitative estimate of drug-likeness (QED) is 0.486. The zero-order chi connectivity index (χ0) is 22.9. The first-order valence-electron chi connectivity index (χ1n) is 10.5. The van der Waals surface area contributed by atoms with Crippen LogP contribution in [0.4, 0.5) is 5.82 Å². The second-order valence-electron chi connectivity index (χ2n) is 7.84. The van der Waals surface area contributed by atoms with Crippen molar-refractivity contribution in [3.63, 3.8) is 0 Å². The van der Waals surface area contributed by atoms with Crippen LogP contribution in [0.2, 0.25) is 0 Å². The molecular formula is C25H21N7O. The number of Topliss-reactive ketones (excluding diaryl/α,β-unsaturated/α-hetero) is 1. The number of nitrogens with zero attached hydrogens (tertiary/aromatic N) is 6. The predicted octanol–water partition coefficient (Wildman–Crippen LogP) is 3.49. The molecule has 0 atom stereocenters. The van der Waals surface area contributed by atoms with E-state index >= 15 is 0 Å². The van der Waals surface area contributed by atoms with Gasteiger partial charge in [0.15, 0.2) is 5.78 Å². The van der Waals surface area contributed by atoms with E-state index in [9.17, 15) is 4.79 Å². The molecule has 0 aliphatic carbocycles. The average molecular weight is 435 g/mol. The molecule has 0 radical (unpaired) electrons. The van der Waals surface area contributed by atoms with Gasteiger partial charge in [-0.2, -0.15) is 9.78 Å². The number of rotatable bonds is 5. The first-order valence-corrected chi connectivity index (χ1v) is 10.5. The zero-order valence-electron chi connectivity index (χ0n) is 18.1. The first-order chi connectivity index (χ1) is 16.1. The van der Waals surface area contributed by atoms with Crippen molar-refractivity contribution >= 4 is 17.3 Å². The molecule has 2 aromatic heterocycles. The molecule has 3 heterocycles. The molecule has 0 fully saturated rings. The maximum Gasteiger partial charge on any atom is 0.304 e. The maximum absolute atomic E-state index is 12.3. The van der Waals surface area contributed by atoms with Gasteiger partial charge in [0.2, 0.25) is 0 Å². The Morgan fingerprint density at radius 3 is 2.67 bits per heavy atom. The lowest BCUT2D eigenvalue weighted by Gasteiger charge is -2.16. The van der Waals surface area contributed by atoms with Crippen LogP contribution < -0.4 is 5.73 Å². The molecule has 0 saturated carbocycles. The minimum absolute atomic E-state index is 0.0161. The van der Waals surface area contributed by atoms with E-state index < -0.39 is 0 Å². The Balaban J connectivity index is 1.60. The highest BCUT2D eigenvalue weighted by Gasteiger charge is 2.24. The number of aryl methyl sites for hydroxylation is 1. The summed E-state index contributed by atoms with van der Waals surface area (Å²) in [6.07, 6.45) is 3.65. The van der Waals surface area contributed by atoms with E-state index in [1.54, 1.807) is 15.6 Å². The predicted molar refractivity (Wildman–Crippen MR) is 126 cm³/mol. The van der Waals surface area contributed by atoms with Crippen molar-refractivity contribution in [3.8, 4) is 22.4 Å². The fourth-order valence-corrected chi connectivity index (χ4v) is 4.19. The van der Waals surface area contributed by atoms with Gasteiger partial charge in [0.1, 0.15) is 6.54 Å². The zero-order valence-corrected chi connectivity index (χ0v) is 18.1. The van der Waals surface area contributed by atoms with Crippen molar-refractivity contribution in [2.24, 2.45) is 17.8 Å². The van der Waals surface area contributed by atoms with Crippen LogP contribution >= 0.6 is 0 Å². The molecule has 2 N–H and O–H groups in total. The van der Waals surface area contributed by atoms with Crippen molar-refractivity contribution < 1.29 is 4.79 Å². The van der Waals surface area contributed by atoms with Crippen molar-refractivity contribution in [2.75, 3.05) is 13.1 Å². The molecule has 4 aromatic rings. The summed E-state index contributed by atoms with van der Waals surface area (Å²) in [5, 5.41) is 8.96. The summed E-state index contributed by atoms with van der Waals surface area (Å²) in [5.41, 5.74) is 12.3. The highest BCUT2D eigenvalue weighted by atomic mass is 16.1. The van der Waals surface area contributed by atoms with Gasteiger partial charge in [-0.05, 0) is 22.3 Å². The lowest BCUT2D eigenvalue weighted by molar-refractivity contribution is 0.1000. The Kier molecular flexibility index (Phi) is 5.17. The van der Waals surface area contributed by atoms with Crippen LogP contribution in [0.15, 0.2) is 65.9 Å². The smallest absolute Gasteiger partial charge is 0.304 e. The standard InChI is InChI=1S/C25H21N7O/c1-27-25-21(15-32(30-25)14-16-6-4-3-5-7-16)24-20(12-29-31(24)2)17-8-9-18-19(10-17)22(11-26)28-13-23(18)33/h3-10,12,15H,11,13-14,26H2,2H3. The fraction of sp³-hybridized carbons (Fsp3) is 0.160. The number of carbonyl (C=O) groups is 1. The van der Waals surface area contributed by atoms with Crippen molar-refractivity contribution in [3.05, 3.63) is 89.0 Å². The number of nitrogens with two attached hydrogens (primary N) is 1. The van der Waals surface area contributed by atoms with Crippen LogP contribution in [0, 0.1) is 6.57 Å². The number of fused-ring (bicyclic) bond motifs is 1. The summed E-state index contributed by atoms with van der Waals surface area (Å²) in [6.45, 7) is 8.63. The third-order valence-electron chi connectivity index (χ3n) is 5.78. The number of hydrogen-bond donors (Lipinski definition) is 1. The largest absolute Gasteiger partial charge is 0.358 e. The normalized spacial score (nSPS) is 12.9. The third-order valence-corrected chi connectivity index (χ3v) is 5.78. The summed E-state index contributed by atoms with van der Waals surface area (Å²) >= 11 is 0. The van der Waals surface area contributed by atoms with E-state index in [2.05, 4.69) is 20.0 Å². The van der Waals surface area contributed by atoms with Gasteiger partial charge in [0, 0.05) is 42.0 Å². The summed E-state index contributed by atoms with van der Waals surface area (Å²) < 4.78 is 3.52. The van der Waals surface area contributed by atoms with Crippen LogP contribution in [0.1, 0.15) is 21.5 Å². The lowest BCUT2D eigenvalue weighted by Crippen LogP contribution is -2.24. The van der Waals surface area contributed by atoms with E-state index in [0.717, 1.165) is 33.7 Å². The van der Waals surface area contributed by atoms with Gasteiger partial charge in [-0.25, -0.2) is 0 Å². The van der Waals surface area contributed by atoms with E-state index in [1.807, 2.05) is 61.8 Å². The number of aliphatic imine (C=N–C) groups is 1. The molecule has 162 valence electrons. The van der Waals surface area contributed by atoms with Gasteiger partial charge >= 0.3 is 5.82 Å². The minimum atomic E-state index is -0.0161. The fourth-order valence-electron chi connectivity index (χ4n) is 4.19. The highest BCUT2D eigenvalue weighted by Crippen LogP contribution is 2.37. The topological polar surface area (TPSA) is 95.4 Å². The maximum atomic E-state index is 12.3. The average Bonchev–Trinajstić information content (AvgIpc) is 3.42. The lowest BCUT2D eigenvalue weighted by atomic mass is 9.92. The van der Waals surface area contributed by atoms with E-state index in [1.165, 1.54) is 0 Å². The molecule has 1 aliphatic rings. The molecule has 8 heteroatoms. The second kappa shape index (κ2) is 8.30. The molecule has 33 heavy (non-hydrogen) atoms. The summed E-state index contributed by atoms with van der Waals surface area (Å²) in [6, 6.07) is 15.6. The van der Waals surface area contributed by atoms with Gasteiger partial charge in [0.05, 0.1) is 24.1 Å². The number of hydrogen-bond acceptors (Lipinski definition) is 5. The van der Waals surface area contributed by atoms with E-state index in [4.69, 9.17) is 12.3 Å². The number of benzene rings is 2. The van der Waals surface area contributed by atoms with Crippen LogP contribution in [0.5, 0.6) is 0 Å². The van der Waals surface area contributed by atoms with Crippen LogP contribution in [-0.2, 0) is 13.6 Å². The SMILES string of the molecule is [C-]#[N+]c1nn(Cc2ccccc2)cc1-c1c(-c2ccc3c(c2)C(CN)=NCC3=O)cnn1C. The van der Waals surface area contributed by atoms with Crippen LogP contribution in [0.25, 0.3) is 27.2 Å². The van der Waals surface area contributed by atoms with E-state index in [0.29, 0.717) is 23.5 Å². The van der Waals surface area contributed by atoms with Crippen molar-refractivity contribution in [1.82, 2.24) is 19.6 Å². The molecule has 0 saturated heterocycles. The number of ketones is 1. The Labute approximate surface area is 190 Å². The summed E-state index contributed by atoms with van der Waals surface area (Å²) in [7, 11) is 1.84. The van der Waals surface area contributed by atoms with Crippen LogP contribution in [0.3, 0.4) is 0 Å². The van der Waals surface area contributed by atoms with Gasteiger partial charge in [-0.1, -0.05) is 49.0 Å². The second-order valence-corrected chi connectivity index (χ2v) is 7.84. The molecule has 2 aromatic carbocycles.